The molecule has 1 aliphatic carbocycles. The molecule has 1 aliphatic heterocycles. The third-order valence-corrected chi connectivity index (χ3v) is 7.47. The van der Waals surface area contributed by atoms with Crippen LogP contribution in [0.3, 0.4) is 0 Å². The SMILES string of the molecule is C[C@H](C(=O)Nc1sc2c(c1C#N)CCCCC2)N1CCC[C@H]1c1cccn1C. The largest absolute Gasteiger partial charge is 0.353 e. The molecule has 5 nitrogen and oxygen atoms in total. The van der Waals surface area contributed by atoms with Gasteiger partial charge in [-0.05, 0) is 69.7 Å². The first-order valence-corrected chi connectivity index (χ1v) is 11.1. The summed E-state index contributed by atoms with van der Waals surface area (Å²) >= 11 is 1.61. The molecule has 6 heteroatoms. The van der Waals surface area contributed by atoms with Gasteiger partial charge in [-0.2, -0.15) is 5.26 Å². The number of nitriles is 1. The van der Waals surface area contributed by atoms with Crippen molar-refractivity contribution in [3.8, 4) is 6.07 Å². The summed E-state index contributed by atoms with van der Waals surface area (Å²) in [6.07, 6.45) is 9.76. The Hall–Kier alpha value is -2.10. The molecule has 148 valence electrons. The molecule has 2 atom stereocenters. The van der Waals surface area contributed by atoms with Crippen molar-refractivity contribution in [1.82, 2.24) is 9.47 Å². The van der Waals surface area contributed by atoms with E-state index < -0.39 is 0 Å². The minimum absolute atomic E-state index is 0.00554. The van der Waals surface area contributed by atoms with Gasteiger partial charge in [0.25, 0.3) is 0 Å². The summed E-state index contributed by atoms with van der Waals surface area (Å²) in [4.78, 5) is 16.7. The number of likely N-dealkylation sites (tertiary alicyclic amines) is 1. The Kier molecular flexibility index (Phi) is 5.56. The maximum atomic E-state index is 13.1. The zero-order valence-electron chi connectivity index (χ0n) is 16.7. The molecule has 0 spiro atoms. The van der Waals surface area contributed by atoms with Gasteiger partial charge in [0.2, 0.25) is 5.91 Å². The zero-order valence-corrected chi connectivity index (χ0v) is 17.5. The van der Waals surface area contributed by atoms with Gasteiger partial charge in [-0.25, -0.2) is 0 Å². The average Bonchev–Trinajstić information content (AvgIpc) is 3.36. The highest BCUT2D eigenvalue weighted by molar-refractivity contribution is 7.16. The monoisotopic (exact) mass is 396 g/mol. The van der Waals surface area contributed by atoms with Crippen molar-refractivity contribution in [2.45, 2.75) is 64.0 Å². The van der Waals surface area contributed by atoms with Crippen molar-refractivity contribution >= 4 is 22.2 Å². The highest BCUT2D eigenvalue weighted by Gasteiger charge is 2.34. The summed E-state index contributed by atoms with van der Waals surface area (Å²) in [7, 11) is 2.06. The fourth-order valence-electron chi connectivity index (χ4n) is 4.71. The van der Waals surface area contributed by atoms with E-state index in [0.29, 0.717) is 5.56 Å². The van der Waals surface area contributed by atoms with Gasteiger partial charge >= 0.3 is 0 Å². The lowest BCUT2D eigenvalue weighted by atomic mass is 10.1. The summed E-state index contributed by atoms with van der Waals surface area (Å²) < 4.78 is 2.15. The molecule has 2 aliphatic rings. The first-order chi connectivity index (χ1) is 13.6. The number of amides is 1. The minimum Gasteiger partial charge on any atom is -0.353 e. The lowest BCUT2D eigenvalue weighted by Crippen LogP contribution is -2.42. The van der Waals surface area contributed by atoms with Crippen molar-refractivity contribution in [3.05, 3.63) is 40.0 Å². The number of nitrogens with one attached hydrogen (secondary N) is 1. The molecule has 4 rings (SSSR count). The van der Waals surface area contributed by atoms with E-state index in [9.17, 15) is 10.1 Å². The molecule has 28 heavy (non-hydrogen) atoms. The molecule has 1 saturated heterocycles. The lowest BCUT2D eigenvalue weighted by Gasteiger charge is -2.30. The standard InChI is InChI=1S/C22H28N4OS/c1-15(26-13-7-10-19(26)18-9-6-12-25(18)2)21(27)24-22-17(14-23)16-8-4-3-5-11-20(16)28-22/h6,9,12,15,19H,3-5,7-8,10-11,13H2,1-2H3,(H,24,27)/t15-,19+/m1/s1. The fraction of sp³-hybridized carbons (Fsp3) is 0.545. The Morgan fingerprint density at radius 3 is 2.89 bits per heavy atom. The smallest absolute Gasteiger partial charge is 0.242 e. The molecule has 0 radical (unpaired) electrons. The molecule has 1 N–H and O–H groups in total. The predicted molar refractivity (Wildman–Crippen MR) is 112 cm³/mol. The number of aromatic nitrogens is 1. The van der Waals surface area contributed by atoms with Gasteiger partial charge in [0.05, 0.1) is 17.6 Å². The van der Waals surface area contributed by atoms with Gasteiger partial charge in [0.15, 0.2) is 0 Å². The third kappa shape index (κ3) is 3.49. The van der Waals surface area contributed by atoms with Gasteiger partial charge < -0.3 is 9.88 Å². The Morgan fingerprint density at radius 1 is 1.32 bits per heavy atom. The number of aryl methyl sites for hydroxylation is 2. The number of hydrogen-bond acceptors (Lipinski definition) is 4. The van der Waals surface area contributed by atoms with Crippen LogP contribution in [0.2, 0.25) is 0 Å². The van der Waals surface area contributed by atoms with Crippen molar-refractivity contribution < 1.29 is 4.79 Å². The molecular weight excluding hydrogens is 368 g/mol. The number of fused-ring (bicyclic) bond motifs is 1. The van der Waals surface area contributed by atoms with Gasteiger partial charge in [-0.3, -0.25) is 9.69 Å². The number of thiophene rings is 1. The van der Waals surface area contributed by atoms with Crippen molar-refractivity contribution in [3.63, 3.8) is 0 Å². The summed E-state index contributed by atoms with van der Waals surface area (Å²) in [5.41, 5.74) is 3.14. The molecule has 0 bridgehead atoms. The van der Waals surface area contributed by atoms with E-state index >= 15 is 0 Å². The van der Waals surface area contributed by atoms with Crippen molar-refractivity contribution in [1.29, 1.82) is 5.26 Å². The highest BCUT2D eigenvalue weighted by Crippen LogP contribution is 2.38. The number of hydrogen-bond donors (Lipinski definition) is 1. The van der Waals surface area contributed by atoms with Crippen LogP contribution in [-0.2, 0) is 24.7 Å². The fourth-order valence-corrected chi connectivity index (χ4v) is 5.95. The van der Waals surface area contributed by atoms with Crippen LogP contribution in [0.25, 0.3) is 0 Å². The van der Waals surface area contributed by atoms with Gasteiger partial charge in [-0.15, -0.1) is 11.3 Å². The van der Waals surface area contributed by atoms with Gasteiger partial charge in [0, 0.05) is 23.8 Å². The number of carbonyl (C=O) groups excluding carboxylic acids is 1. The summed E-state index contributed by atoms with van der Waals surface area (Å²) in [6, 6.07) is 6.63. The van der Waals surface area contributed by atoms with Crippen LogP contribution in [0, 0.1) is 11.3 Å². The van der Waals surface area contributed by atoms with E-state index in [1.54, 1.807) is 11.3 Å². The molecule has 2 aromatic heterocycles. The lowest BCUT2D eigenvalue weighted by molar-refractivity contribution is -0.121. The van der Waals surface area contributed by atoms with E-state index in [-0.39, 0.29) is 18.0 Å². The van der Waals surface area contributed by atoms with E-state index in [0.717, 1.165) is 43.6 Å². The topological polar surface area (TPSA) is 61.1 Å². The molecule has 1 amide bonds. The Balaban J connectivity index is 1.52. The average molecular weight is 397 g/mol. The Morgan fingerprint density at radius 2 is 2.14 bits per heavy atom. The quantitative estimate of drug-likeness (QED) is 0.780. The number of carbonyl (C=O) groups is 1. The van der Waals surface area contributed by atoms with E-state index in [2.05, 4.69) is 46.2 Å². The molecule has 0 saturated carbocycles. The normalized spacial score (nSPS) is 21.0. The number of nitrogens with zero attached hydrogens (tertiary/aromatic N) is 3. The maximum absolute atomic E-state index is 13.1. The Bertz CT molecular complexity index is 906. The van der Waals surface area contributed by atoms with Gasteiger partial charge in [-0.1, -0.05) is 6.42 Å². The van der Waals surface area contributed by atoms with Crippen molar-refractivity contribution in [2.24, 2.45) is 7.05 Å². The van der Waals surface area contributed by atoms with Crippen LogP contribution in [0.4, 0.5) is 5.00 Å². The van der Waals surface area contributed by atoms with Crippen LogP contribution in [0.1, 0.15) is 66.8 Å². The third-order valence-electron chi connectivity index (χ3n) is 6.27. The zero-order chi connectivity index (χ0) is 19.7. The second-order valence-corrected chi connectivity index (χ2v) is 9.09. The predicted octanol–water partition coefficient (Wildman–Crippen LogP) is 4.39. The van der Waals surface area contributed by atoms with E-state index in [4.69, 9.17) is 0 Å². The Labute approximate surface area is 171 Å². The number of rotatable bonds is 4. The van der Waals surface area contributed by atoms with E-state index in [1.807, 2.05) is 6.92 Å². The molecule has 0 unspecified atom stereocenters. The minimum atomic E-state index is -0.226. The van der Waals surface area contributed by atoms with E-state index in [1.165, 1.54) is 29.0 Å². The van der Waals surface area contributed by atoms with Crippen LogP contribution < -0.4 is 5.32 Å². The molecule has 2 aromatic rings. The van der Waals surface area contributed by atoms with Gasteiger partial charge in [0.1, 0.15) is 11.1 Å². The first-order valence-electron chi connectivity index (χ1n) is 10.3. The van der Waals surface area contributed by atoms with Crippen LogP contribution in [0.5, 0.6) is 0 Å². The first kappa shape index (κ1) is 19.2. The van der Waals surface area contributed by atoms with Crippen molar-refractivity contribution in [2.75, 3.05) is 11.9 Å². The molecular formula is C22H28N4OS. The maximum Gasteiger partial charge on any atom is 0.242 e. The summed E-state index contributed by atoms with van der Waals surface area (Å²) in [6.45, 7) is 2.91. The number of anilines is 1. The van der Waals surface area contributed by atoms with Crippen LogP contribution in [-0.4, -0.2) is 28.0 Å². The molecule has 1 fully saturated rings. The second-order valence-electron chi connectivity index (χ2n) is 7.99. The van der Waals surface area contributed by atoms with Crippen LogP contribution in [0.15, 0.2) is 18.3 Å². The van der Waals surface area contributed by atoms with Crippen LogP contribution >= 0.6 is 11.3 Å². The molecule has 0 aromatic carbocycles. The second kappa shape index (κ2) is 8.10. The summed E-state index contributed by atoms with van der Waals surface area (Å²) in [5.74, 6) is -0.00554. The highest BCUT2D eigenvalue weighted by atomic mass is 32.1. The molecule has 3 heterocycles. The summed E-state index contributed by atoms with van der Waals surface area (Å²) in [5, 5.41) is 13.6.